The molecule has 8 N–H and O–H groups in total. The first-order valence-corrected chi connectivity index (χ1v) is 42.6. The number of nitrogens with two attached hydrogens (primary N) is 1. The van der Waals surface area contributed by atoms with Gasteiger partial charge in [0, 0.05) is 47.6 Å². The Hall–Kier alpha value is -8.28. The van der Waals surface area contributed by atoms with Crippen LogP contribution in [0.25, 0.3) is 21.8 Å². The first-order valence-electron chi connectivity index (χ1n) is 37.1. The molecule has 6 fully saturated rings. The van der Waals surface area contributed by atoms with Crippen LogP contribution in [0, 0.1) is 11.8 Å². The van der Waals surface area contributed by atoms with Gasteiger partial charge in [0.15, 0.2) is 0 Å². The summed E-state index contributed by atoms with van der Waals surface area (Å²) >= 11 is 7.15. The summed E-state index contributed by atoms with van der Waals surface area (Å²) in [6, 6.07) is 6.39. The molecule has 2 aromatic heterocycles. The van der Waals surface area contributed by atoms with E-state index < -0.39 is 121 Å². The number of nitrogens with zero attached hydrogens (tertiary/aromatic N) is 4. The number of carboxylic acids is 1. The molecule has 0 unspecified atom stereocenters. The quantitative estimate of drug-likeness (QED) is 0.0487. The number of hydrogen-bond acceptors (Lipinski definition) is 22. The van der Waals surface area contributed by atoms with E-state index in [-0.39, 0.29) is 56.9 Å². The molecule has 4 saturated carbocycles. The van der Waals surface area contributed by atoms with Crippen molar-refractivity contribution >= 4 is 121 Å². The highest BCUT2D eigenvalue weighted by atomic mass is 79.9. The van der Waals surface area contributed by atoms with Gasteiger partial charge < -0.3 is 74.1 Å². The van der Waals surface area contributed by atoms with Crippen molar-refractivity contribution in [1.82, 2.24) is 45.8 Å². The molecular formula is C74H98Br2N10O21S2. The van der Waals surface area contributed by atoms with Gasteiger partial charge in [-0.25, -0.2) is 46.3 Å². The predicted octanol–water partition coefficient (Wildman–Crippen LogP) is 8.44. The highest BCUT2D eigenvalue weighted by molar-refractivity contribution is 9.11. The van der Waals surface area contributed by atoms with Crippen LogP contribution in [0.5, 0.6) is 34.8 Å². The average Bonchev–Trinajstić information content (AvgIpc) is 1.59. The molecule has 4 aromatic rings. The number of primary sulfonamides is 1. The summed E-state index contributed by atoms with van der Waals surface area (Å²) < 4.78 is 93.2. The Morgan fingerprint density at radius 2 is 0.982 bits per heavy atom. The van der Waals surface area contributed by atoms with Gasteiger partial charge in [-0.05, 0) is 173 Å². The van der Waals surface area contributed by atoms with Crippen molar-refractivity contribution in [2.45, 2.75) is 215 Å². The summed E-state index contributed by atoms with van der Waals surface area (Å²) in [5, 5.41) is 27.0. The lowest BCUT2D eigenvalue weighted by Gasteiger charge is -2.30. The maximum absolute atomic E-state index is 14.5. The van der Waals surface area contributed by atoms with Gasteiger partial charge in [0.25, 0.3) is 5.91 Å². The van der Waals surface area contributed by atoms with Gasteiger partial charge >= 0.3 is 18.2 Å². The number of alkyl carbamates (subject to hydrolysis) is 2. The maximum atomic E-state index is 14.5. The monoisotopic (exact) mass is 1680 g/mol. The van der Waals surface area contributed by atoms with E-state index in [9.17, 15) is 60.3 Å². The minimum absolute atomic E-state index is 0.0241. The normalized spacial score (nSPS) is 26.8. The smallest absolute Gasteiger partial charge is 0.408 e. The molecule has 7 amide bonds. The zero-order valence-corrected chi connectivity index (χ0v) is 66.8. The van der Waals surface area contributed by atoms with Crippen LogP contribution < -0.4 is 59.5 Å². The van der Waals surface area contributed by atoms with Crippen molar-refractivity contribution in [3.05, 3.63) is 69.6 Å². The number of rotatable bonds is 17. The number of sulfonamides is 2. The van der Waals surface area contributed by atoms with Gasteiger partial charge in [-0.1, -0.05) is 50.0 Å². The lowest BCUT2D eigenvalue weighted by atomic mass is 10.0. The number of methoxy groups -OCH3 is 2. The summed E-state index contributed by atoms with van der Waals surface area (Å²) in [6.45, 7) is 4.39. The number of carbonyl (C=O) groups is 8. The molecule has 2 aromatic carbocycles. The van der Waals surface area contributed by atoms with E-state index in [1.165, 1.54) is 9.80 Å². The van der Waals surface area contributed by atoms with Crippen LogP contribution in [-0.2, 0) is 58.3 Å². The zero-order valence-electron chi connectivity index (χ0n) is 62.0. The largest absolute Gasteiger partial charge is 0.495 e. The summed E-state index contributed by atoms with van der Waals surface area (Å²) in [5.41, 5.74) is -1.89. The molecule has 0 bridgehead atoms. The minimum atomic E-state index is -3.94. The van der Waals surface area contributed by atoms with E-state index >= 15 is 0 Å². The fourth-order valence-corrected chi connectivity index (χ4v) is 16.6. The second kappa shape index (κ2) is 36.7. The van der Waals surface area contributed by atoms with E-state index in [0.717, 1.165) is 96.0 Å². The third-order valence-electron chi connectivity index (χ3n) is 20.5. The number of ether oxygens (including phenoxy) is 8. The number of allylic oxidation sites excluding steroid dienone is 2. The number of fused-ring (bicyclic) bond motifs is 6. The van der Waals surface area contributed by atoms with E-state index in [2.05, 4.69) is 68.2 Å². The number of amides is 7. The number of benzene rings is 2. The van der Waals surface area contributed by atoms with Crippen molar-refractivity contribution in [2.24, 2.45) is 17.0 Å². The molecule has 31 nitrogen and oxygen atoms in total. The SMILES string of the molecule is CCOc1cc(O[C@@H]2C[C@H]3C(=O)N[C@]4(C(=O)NS(C)(=O)=O)C[C@H]4/C=C\CCCCC[C@H](NC(=O)OC4CCCC4)C(=O)N3C2)c2ccc(OC)c(Br)c2n1.CCOc1cc(O[C@@H]2C[C@H]3C(=O)N[C@]4(C(=O)O)C[C@H]4/C=C\CCCCC[C@H](NC(=O)OC4CCCC4)C(=O)N3C2)c2ccc(OC)c(Br)c2n1.CS(N)(=O)=O. The molecule has 4 aliphatic carbocycles. The fraction of sp³-hybridized carbons (Fsp3) is 0.595. The molecule has 596 valence electrons. The van der Waals surface area contributed by atoms with E-state index in [1.807, 2.05) is 48.9 Å². The Morgan fingerprint density at radius 3 is 1.38 bits per heavy atom. The van der Waals surface area contributed by atoms with Crippen molar-refractivity contribution in [1.29, 1.82) is 0 Å². The van der Waals surface area contributed by atoms with Crippen LogP contribution in [0.2, 0.25) is 0 Å². The van der Waals surface area contributed by atoms with Crippen molar-refractivity contribution in [2.75, 3.05) is 53.0 Å². The van der Waals surface area contributed by atoms with Gasteiger partial charge in [0.2, 0.25) is 55.4 Å². The van der Waals surface area contributed by atoms with Crippen LogP contribution in [0.3, 0.4) is 0 Å². The molecule has 35 heteroatoms. The minimum Gasteiger partial charge on any atom is -0.495 e. The van der Waals surface area contributed by atoms with Gasteiger partial charge in [0.05, 0.1) is 73.0 Å². The standard InChI is InChI=1S/C37H48BrN5O10S.C36H45BrN4O9.CH5NO2S/c1-4-51-30-19-29(25-16-17-28(50-2)31(38)32(25)40-30)52-24-18-27-33(44)41-37(35(46)42-54(3,48)49)20-22(37)12-8-6-5-7-9-15-26(34(45)43(27)21-24)39-36(47)53-23-13-10-11-14-23;1-3-48-29-18-28(24-15-16-27(47-2)30(37)31(24)39-29)49-23-17-26-32(42)40-36(34(44)45)19-21(36)11-7-5-4-6-8-14-25(33(43)41(26)20-23)38-35(46)50-22-12-9-10-13-22;1-5(2,3)4/h8,12,16-17,19,22-24,26-27H,4-7,9-11,13-15,18,20-21H2,1-3H3,(H,39,47)(H,41,44)(H,42,46);7,11,15-16,18,21-23,25-26H,3-6,8-10,12-14,17,19-20H2,1-2H3,(H,38,46)(H,40,42)(H,44,45);1H3,(H2,2,3,4)/b12-8-;11-7-;/t22-,24-,26+,27+,37-;21-,23-,25+,26+,36-;/m11./s1. The molecule has 8 aliphatic rings. The molecule has 10 atom stereocenters. The second-order valence-corrected chi connectivity index (χ2v) is 33.7. The Morgan fingerprint density at radius 1 is 0.587 bits per heavy atom. The van der Waals surface area contributed by atoms with Crippen molar-refractivity contribution in [3.8, 4) is 34.8 Å². The van der Waals surface area contributed by atoms with E-state index in [1.54, 1.807) is 44.6 Å². The topological polar surface area (TPSA) is 417 Å². The number of carbonyl (C=O) groups excluding carboxylic acids is 7. The van der Waals surface area contributed by atoms with Crippen LogP contribution in [-0.4, -0.2) is 202 Å². The van der Waals surface area contributed by atoms with Gasteiger partial charge in [-0.3, -0.25) is 28.7 Å². The highest BCUT2D eigenvalue weighted by Crippen LogP contribution is 2.48. The summed E-state index contributed by atoms with van der Waals surface area (Å²) in [4.78, 5) is 121. The molecule has 0 spiro atoms. The van der Waals surface area contributed by atoms with Crippen LogP contribution in [0.1, 0.15) is 155 Å². The number of halogens is 2. The van der Waals surface area contributed by atoms with Crippen molar-refractivity contribution < 1.29 is 98.2 Å². The number of aliphatic carboxylic acids is 1. The number of carboxylic acid groups (broad SMARTS) is 1. The molecular weight excluding hydrogens is 1590 g/mol. The Balaban J connectivity index is 0.000000219. The van der Waals surface area contributed by atoms with Gasteiger partial charge in [-0.2, -0.15) is 0 Å². The number of aromatic nitrogens is 2. The van der Waals surface area contributed by atoms with Crippen LogP contribution in [0.4, 0.5) is 9.59 Å². The lowest BCUT2D eigenvalue weighted by molar-refractivity contribution is -0.145. The molecule has 2 saturated heterocycles. The first kappa shape index (κ1) is 83.2. The number of hydrogen-bond donors (Lipinski definition) is 7. The van der Waals surface area contributed by atoms with Crippen molar-refractivity contribution in [3.63, 3.8) is 0 Å². The molecule has 6 heterocycles. The fourth-order valence-electron chi connectivity index (χ4n) is 14.9. The van der Waals surface area contributed by atoms with Gasteiger partial charge in [0.1, 0.15) is 82.7 Å². The highest BCUT2D eigenvalue weighted by Gasteiger charge is 2.63. The number of pyridine rings is 2. The summed E-state index contributed by atoms with van der Waals surface area (Å²) in [7, 11) is -4.00. The molecule has 0 radical (unpaired) electrons. The Bertz CT molecular complexity index is 4330. The van der Waals surface area contributed by atoms with E-state index in [0.29, 0.717) is 111 Å². The molecule has 4 aliphatic heterocycles. The zero-order chi connectivity index (χ0) is 78.5. The average molecular weight is 1690 g/mol. The Labute approximate surface area is 650 Å². The summed E-state index contributed by atoms with van der Waals surface area (Å²) in [6.07, 6.45) is 20.6. The third kappa shape index (κ3) is 21.4. The summed E-state index contributed by atoms with van der Waals surface area (Å²) in [5.74, 6) is -2.30. The second-order valence-electron chi connectivity index (χ2n) is 28.7. The first-order chi connectivity index (χ1) is 51.9. The van der Waals surface area contributed by atoms with E-state index in [4.69, 9.17) is 37.9 Å². The molecule has 12 rings (SSSR count). The lowest BCUT2D eigenvalue weighted by Crippen LogP contribution is -2.58. The third-order valence-corrected chi connectivity index (χ3v) is 22.6. The maximum Gasteiger partial charge on any atom is 0.408 e. The molecule has 109 heavy (non-hydrogen) atoms. The number of nitrogens with one attached hydrogen (secondary N) is 5. The van der Waals surface area contributed by atoms with Gasteiger partial charge in [-0.15, -0.1) is 0 Å². The Kier molecular flexibility index (Phi) is 28.0. The van der Waals surface area contributed by atoms with Crippen LogP contribution >= 0.6 is 31.9 Å². The van der Waals surface area contributed by atoms with Crippen LogP contribution in [0.15, 0.2) is 69.6 Å². The predicted molar refractivity (Wildman–Crippen MR) is 407 cm³/mol.